The van der Waals surface area contributed by atoms with Crippen molar-refractivity contribution in [2.24, 2.45) is 11.7 Å². The van der Waals surface area contributed by atoms with Crippen LogP contribution in [0.4, 0.5) is 4.79 Å². The quantitative estimate of drug-likeness (QED) is 0.796. The Bertz CT molecular complexity index is 871. The summed E-state index contributed by atoms with van der Waals surface area (Å²) in [7, 11) is 0. The van der Waals surface area contributed by atoms with Gasteiger partial charge in [0.2, 0.25) is 11.8 Å². The topological polar surface area (TPSA) is 93.7 Å². The number of rotatable bonds is 4. The van der Waals surface area contributed by atoms with E-state index in [1.165, 1.54) is 0 Å². The van der Waals surface area contributed by atoms with Crippen LogP contribution in [0.25, 0.3) is 5.69 Å². The number of carbonyl (C=O) groups is 2. The maximum Gasteiger partial charge on any atom is 0.416 e. The summed E-state index contributed by atoms with van der Waals surface area (Å²) >= 11 is 0. The van der Waals surface area contributed by atoms with E-state index in [1.54, 1.807) is 20.5 Å². The normalized spacial score (nSPS) is 17.5. The first kappa shape index (κ1) is 23.7. The molecule has 0 unspecified atom stereocenters. The minimum atomic E-state index is -0.524. The minimum Gasteiger partial charge on any atom is -0.391 e. The summed E-state index contributed by atoms with van der Waals surface area (Å²) in [6.07, 6.45) is -0.449. The Morgan fingerprint density at radius 2 is 1.87 bits per heavy atom. The SMILES string of the molecule is Cc1cc(OC(=O)N2CCN(C(=O)[C@@H](N)C(C)C)C[C@@H]2C)n(-c2ccccc2)n1.Cl. The molecule has 0 saturated carbocycles. The molecule has 2 heterocycles. The van der Waals surface area contributed by atoms with Crippen LogP contribution in [-0.2, 0) is 4.79 Å². The van der Waals surface area contributed by atoms with Crippen LogP contribution in [0, 0.1) is 12.8 Å². The molecule has 1 fully saturated rings. The summed E-state index contributed by atoms with van der Waals surface area (Å²) in [5.74, 6) is 0.367. The molecule has 1 saturated heterocycles. The summed E-state index contributed by atoms with van der Waals surface area (Å²) in [6, 6.07) is 10.5. The van der Waals surface area contributed by atoms with Gasteiger partial charge in [-0.15, -0.1) is 12.4 Å². The van der Waals surface area contributed by atoms with Crippen LogP contribution in [0.5, 0.6) is 5.88 Å². The average Bonchev–Trinajstić information content (AvgIpc) is 3.07. The molecule has 8 nitrogen and oxygen atoms in total. The predicted octanol–water partition coefficient (Wildman–Crippen LogP) is 2.62. The highest BCUT2D eigenvalue weighted by atomic mass is 35.5. The molecule has 30 heavy (non-hydrogen) atoms. The van der Waals surface area contributed by atoms with Crippen molar-refractivity contribution in [1.82, 2.24) is 19.6 Å². The second-order valence-corrected chi connectivity index (χ2v) is 7.84. The number of nitrogens with two attached hydrogens (primary N) is 1. The molecule has 0 spiro atoms. The highest BCUT2D eigenvalue weighted by Gasteiger charge is 2.33. The summed E-state index contributed by atoms with van der Waals surface area (Å²) in [5.41, 5.74) is 7.57. The molecule has 1 aromatic heterocycles. The monoisotopic (exact) mass is 435 g/mol. The molecule has 2 aromatic rings. The van der Waals surface area contributed by atoms with E-state index in [9.17, 15) is 9.59 Å². The number of hydrogen-bond donors (Lipinski definition) is 1. The van der Waals surface area contributed by atoms with Crippen molar-refractivity contribution in [2.45, 2.75) is 39.8 Å². The van der Waals surface area contributed by atoms with Gasteiger partial charge in [-0.05, 0) is 31.9 Å². The third-order valence-corrected chi connectivity index (χ3v) is 5.17. The first-order chi connectivity index (χ1) is 13.8. The number of amides is 2. The summed E-state index contributed by atoms with van der Waals surface area (Å²) in [6.45, 7) is 8.88. The lowest BCUT2D eigenvalue weighted by atomic mass is 10.0. The van der Waals surface area contributed by atoms with Crippen LogP contribution < -0.4 is 10.5 Å². The van der Waals surface area contributed by atoms with Crippen molar-refractivity contribution in [1.29, 1.82) is 0 Å². The van der Waals surface area contributed by atoms with Crippen molar-refractivity contribution in [3.8, 4) is 11.6 Å². The third-order valence-electron chi connectivity index (χ3n) is 5.17. The third kappa shape index (κ3) is 5.12. The number of para-hydroxylation sites is 1. The molecule has 2 atom stereocenters. The van der Waals surface area contributed by atoms with Gasteiger partial charge >= 0.3 is 6.09 Å². The smallest absolute Gasteiger partial charge is 0.391 e. The van der Waals surface area contributed by atoms with Crippen molar-refractivity contribution in [3.63, 3.8) is 0 Å². The number of carbonyl (C=O) groups excluding carboxylic acids is 2. The summed E-state index contributed by atoms with van der Waals surface area (Å²) in [4.78, 5) is 28.7. The number of halogens is 1. The van der Waals surface area contributed by atoms with Crippen molar-refractivity contribution < 1.29 is 14.3 Å². The highest BCUT2D eigenvalue weighted by molar-refractivity contribution is 5.85. The van der Waals surface area contributed by atoms with Gasteiger partial charge in [0.15, 0.2) is 0 Å². The van der Waals surface area contributed by atoms with Gasteiger partial charge in [0.05, 0.1) is 17.4 Å². The first-order valence-electron chi connectivity index (χ1n) is 9.93. The van der Waals surface area contributed by atoms with E-state index in [4.69, 9.17) is 10.5 Å². The lowest BCUT2D eigenvalue weighted by Gasteiger charge is -2.40. The van der Waals surface area contributed by atoms with Crippen LogP contribution in [0.2, 0.25) is 0 Å². The molecule has 2 N–H and O–H groups in total. The molecule has 0 aliphatic carbocycles. The standard InChI is InChI=1S/C21H29N5O3.ClH/c1-14(2)19(22)20(27)24-10-11-25(16(4)13-24)21(28)29-18-12-15(3)23-26(18)17-8-6-5-7-9-17;/h5-9,12,14,16,19H,10-11,13,22H2,1-4H3;1H/t16-,19-;/m0./s1. The Kier molecular flexibility index (Phi) is 7.86. The zero-order valence-electron chi connectivity index (χ0n) is 17.8. The van der Waals surface area contributed by atoms with E-state index in [-0.39, 0.29) is 30.3 Å². The van der Waals surface area contributed by atoms with E-state index in [0.717, 1.165) is 11.4 Å². The Morgan fingerprint density at radius 3 is 2.47 bits per heavy atom. The molecule has 9 heteroatoms. The molecule has 0 bridgehead atoms. The predicted molar refractivity (Wildman–Crippen MR) is 117 cm³/mol. The number of piperazine rings is 1. The van der Waals surface area contributed by atoms with E-state index in [1.807, 2.05) is 58.0 Å². The molecule has 1 aromatic carbocycles. The van der Waals surface area contributed by atoms with Crippen LogP contribution in [0.15, 0.2) is 36.4 Å². The number of hydrogen-bond acceptors (Lipinski definition) is 5. The lowest BCUT2D eigenvalue weighted by Crippen LogP contribution is -2.59. The maximum atomic E-state index is 12.8. The average molecular weight is 436 g/mol. The van der Waals surface area contributed by atoms with E-state index < -0.39 is 12.1 Å². The second kappa shape index (κ2) is 9.95. The Labute approximate surface area is 183 Å². The summed E-state index contributed by atoms with van der Waals surface area (Å²) in [5, 5.41) is 4.42. The van der Waals surface area contributed by atoms with Gasteiger partial charge < -0.3 is 20.3 Å². The zero-order chi connectivity index (χ0) is 21.1. The van der Waals surface area contributed by atoms with Gasteiger partial charge in [0.25, 0.3) is 0 Å². The van der Waals surface area contributed by atoms with Gasteiger partial charge in [0.1, 0.15) is 0 Å². The molecule has 164 valence electrons. The number of aryl methyl sites for hydroxylation is 1. The van der Waals surface area contributed by atoms with Gasteiger partial charge in [-0.3, -0.25) is 4.79 Å². The first-order valence-corrected chi connectivity index (χ1v) is 9.93. The fraction of sp³-hybridized carbons (Fsp3) is 0.476. The molecule has 1 aliphatic heterocycles. The maximum absolute atomic E-state index is 12.8. The molecule has 0 radical (unpaired) electrons. The van der Waals surface area contributed by atoms with Crippen molar-refractivity contribution >= 4 is 24.4 Å². The number of benzene rings is 1. The molecular formula is C21H30ClN5O3. The number of aromatic nitrogens is 2. The van der Waals surface area contributed by atoms with Gasteiger partial charge in [-0.2, -0.15) is 5.10 Å². The van der Waals surface area contributed by atoms with Crippen LogP contribution >= 0.6 is 12.4 Å². The fourth-order valence-electron chi connectivity index (χ4n) is 3.38. The van der Waals surface area contributed by atoms with Gasteiger partial charge in [-0.1, -0.05) is 32.0 Å². The molecule has 1 aliphatic rings. The van der Waals surface area contributed by atoms with Crippen LogP contribution in [0.1, 0.15) is 26.5 Å². The lowest BCUT2D eigenvalue weighted by molar-refractivity contribution is -0.136. The van der Waals surface area contributed by atoms with Crippen LogP contribution in [-0.4, -0.2) is 63.3 Å². The molecule has 2 amide bonds. The van der Waals surface area contributed by atoms with E-state index in [2.05, 4.69) is 5.10 Å². The van der Waals surface area contributed by atoms with Gasteiger partial charge in [0, 0.05) is 31.7 Å². The Morgan fingerprint density at radius 1 is 1.20 bits per heavy atom. The van der Waals surface area contributed by atoms with Gasteiger partial charge in [-0.25, -0.2) is 9.48 Å². The van der Waals surface area contributed by atoms with Crippen molar-refractivity contribution in [2.75, 3.05) is 19.6 Å². The van der Waals surface area contributed by atoms with Crippen LogP contribution in [0.3, 0.4) is 0 Å². The number of nitrogens with zero attached hydrogens (tertiary/aromatic N) is 4. The zero-order valence-corrected chi connectivity index (χ0v) is 18.6. The van der Waals surface area contributed by atoms with E-state index in [0.29, 0.717) is 25.5 Å². The fourth-order valence-corrected chi connectivity index (χ4v) is 3.38. The largest absolute Gasteiger partial charge is 0.416 e. The Hall–Kier alpha value is -2.58. The Balaban J connectivity index is 0.00000320. The highest BCUT2D eigenvalue weighted by Crippen LogP contribution is 2.21. The van der Waals surface area contributed by atoms with E-state index >= 15 is 0 Å². The summed E-state index contributed by atoms with van der Waals surface area (Å²) < 4.78 is 7.28. The number of ether oxygens (including phenoxy) is 1. The minimum absolute atomic E-state index is 0. The second-order valence-electron chi connectivity index (χ2n) is 7.84. The molecular weight excluding hydrogens is 406 g/mol. The van der Waals surface area contributed by atoms with Crippen molar-refractivity contribution in [3.05, 3.63) is 42.1 Å². The molecule has 3 rings (SSSR count).